The number of hydrogen-bond acceptors (Lipinski definition) is 7. The number of rotatable bonds is 4. The van der Waals surface area contributed by atoms with Gasteiger partial charge in [-0.2, -0.15) is 0 Å². The molecule has 0 bridgehead atoms. The monoisotopic (exact) mass is 448 g/mol. The van der Waals surface area contributed by atoms with Crippen LogP contribution in [0.25, 0.3) is 11.0 Å². The van der Waals surface area contributed by atoms with Crippen LogP contribution in [-0.4, -0.2) is 62.9 Å². The summed E-state index contributed by atoms with van der Waals surface area (Å²) in [5.74, 6) is 1.17. The second kappa shape index (κ2) is 8.55. The van der Waals surface area contributed by atoms with Crippen molar-refractivity contribution in [3.05, 3.63) is 47.1 Å². The van der Waals surface area contributed by atoms with E-state index < -0.39 is 11.8 Å². The standard InChI is InChI=1S/C23H24N6O2S/c1-5-26-18(14-13-15-21(30)28(7-3)23(32)29(8-4)22(15)31)27(6-2)20-19(26)24-16-11-9-10-12-17(16)25-20/h9-12H,5-8H2,1-4H3. The maximum absolute atomic E-state index is 12.9. The molecule has 1 saturated heterocycles. The lowest BCUT2D eigenvalue weighted by Crippen LogP contribution is -2.55. The maximum atomic E-state index is 12.9. The van der Waals surface area contributed by atoms with Crippen molar-refractivity contribution in [2.45, 2.75) is 27.7 Å². The number of likely N-dealkylation sites (N-methyl/N-ethyl adjacent to an activating group) is 2. The Morgan fingerprint density at radius 1 is 0.750 bits per heavy atom. The van der Waals surface area contributed by atoms with E-state index in [0.717, 1.165) is 22.7 Å². The Morgan fingerprint density at radius 3 is 1.59 bits per heavy atom. The number of aromatic nitrogens is 2. The molecule has 164 valence electrons. The molecule has 0 unspecified atom stereocenters. The van der Waals surface area contributed by atoms with Gasteiger partial charge in [0.25, 0.3) is 11.8 Å². The van der Waals surface area contributed by atoms with Crippen molar-refractivity contribution in [2.75, 3.05) is 36.0 Å². The first-order chi connectivity index (χ1) is 15.5. The molecule has 0 atom stereocenters. The van der Waals surface area contributed by atoms with Gasteiger partial charge in [0.15, 0.2) is 28.1 Å². The Kier molecular flexibility index (Phi) is 5.80. The number of thiocarbonyl (C=S) groups is 1. The summed E-state index contributed by atoms with van der Waals surface area (Å²) in [7, 11) is 0. The van der Waals surface area contributed by atoms with Crippen LogP contribution in [0.1, 0.15) is 27.7 Å². The molecule has 2 amide bonds. The third kappa shape index (κ3) is 3.28. The highest BCUT2D eigenvalue weighted by Crippen LogP contribution is 2.39. The summed E-state index contributed by atoms with van der Waals surface area (Å²) >= 11 is 5.32. The van der Waals surface area contributed by atoms with Gasteiger partial charge in [0.05, 0.1) is 11.0 Å². The number of benzene rings is 1. The second-order valence-electron chi connectivity index (χ2n) is 7.18. The number of anilines is 2. The summed E-state index contributed by atoms with van der Waals surface area (Å²) in [6, 6.07) is 7.70. The first-order valence-electron chi connectivity index (χ1n) is 10.7. The number of para-hydroxylation sites is 2. The molecule has 0 saturated carbocycles. The molecule has 0 radical (unpaired) electrons. The largest absolute Gasteiger partial charge is 0.302 e. The number of nitrogens with zero attached hydrogens (tertiary/aromatic N) is 6. The normalized spacial score (nSPS) is 16.2. The van der Waals surface area contributed by atoms with Crippen LogP contribution in [0.2, 0.25) is 0 Å². The first kappa shape index (κ1) is 21.7. The van der Waals surface area contributed by atoms with Crippen LogP contribution in [0.15, 0.2) is 47.1 Å². The number of hydrogen-bond donors (Lipinski definition) is 0. The van der Waals surface area contributed by atoms with Crippen LogP contribution in [0.5, 0.6) is 0 Å². The third-order valence-electron chi connectivity index (χ3n) is 5.50. The van der Waals surface area contributed by atoms with Gasteiger partial charge < -0.3 is 9.80 Å². The Morgan fingerprint density at radius 2 is 1.19 bits per heavy atom. The fourth-order valence-corrected chi connectivity index (χ4v) is 4.31. The van der Waals surface area contributed by atoms with E-state index in [0.29, 0.717) is 32.0 Å². The van der Waals surface area contributed by atoms with Crippen LogP contribution >= 0.6 is 12.2 Å². The topological polar surface area (TPSA) is 72.9 Å². The molecular weight excluding hydrogens is 424 g/mol. The Bertz CT molecular complexity index is 1160. The van der Waals surface area contributed by atoms with Crippen molar-refractivity contribution in [1.82, 2.24) is 19.8 Å². The van der Waals surface area contributed by atoms with Gasteiger partial charge in [-0.05, 0) is 63.5 Å². The van der Waals surface area contributed by atoms with Gasteiger partial charge in [0.2, 0.25) is 0 Å². The van der Waals surface area contributed by atoms with Crippen LogP contribution in [-0.2, 0) is 9.59 Å². The van der Waals surface area contributed by atoms with Crippen molar-refractivity contribution in [3.8, 4) is 0 Å². The lowest BCUT2D eigenvalue weighted by Gasteiger charge is -2.34. The van der Waals surface area contributed by atoms with Gasteiger partial charge in [-0.15, -0.1) is 0 Å². The van der Waals surface area contributed by atoms with Crippen LogP contribution in [0.3, 0.4) is 0 Å². The molecule has 2 aliphatic heterocycles. The minimum Gasteiger partial charge on any atom is -0.302 e. The molecule has 8 nitrogen and oxygen atoms in total. The van der Waals surface area contributed by atoms with Gasteiger partial charge in [0, 0.05) is 26.2 Å². The predicted octanol–water partition coefficient (Wildman–Crippen LogP) is 2.81. The average molecular weight is 449 g/mol. The minimum atomic E-state index is -0.455. The highest BCUT2D eigenvalue weighted by Gasteiger charge is 2.38. The smallest absolute Gasteiger partial charge is 0.274 e. The van der Waals surface area contributed by atoms with E-state index >= 15 is 0 Å². The molecule has 3 heterocycles. The van der Waals surface area contributed by atoms with E-state index in [1.54, 1.807) is 0 Å². The molecule has 1 aromatic carbocycles. The summed E-state index contributed by atoms with van der Waals surface area (Å²) in [6.07, 6.45) is 0. The molecule has 0 N–H and O–H groups in total. The first-order valence-corrected chi connectivity index (χ1v) is 11.1. The fourth-order valence-electron chi connectivity index (χ4n) is 3.89. The van der Waals surface area contributed by atoms with E-state index in [-0.39, 0.29) is 10.7 Å². The maximum Gasteiger partial charge on any atom is 0.274 e. The summed E-state index contributed by atoms with van der Waals surface area (Å²) in [6.45, 7) is 9.62. The lowest BCUT2D eigenvalue weighted by molar-refractivity contribution is -0.133. The van der Waals surface area contributed by atoms with Crippen molar-refractivity contribution >= 4 is 51.8 Å². The zero-order valence-electron chi connectivity index (χ0n) is 18.5. The number of carbonyl (C=O) groups is 2. The molecule has 2 aliphatic rings. The van der Waals surface area contributed by atoms with Gasteiger partial charge in [0.1, 0.15) is 0 Å². The SMILES string of the molecule is CCN1C(=O)C(=C=C=C2N(CC)c3nc4ccccc4nc3N2CC)C(=O)N(CC)C1=S. The van der Waals surface area contributed by atoms with E-state index in [1.165, 1.54) is 9.80 Å². The molecule has 32 heavy (non-hydrogen) atoms. The van der Waals surface area contributed by atoms with Crippen molar-refractivity contribution in [1.29, 1.82) is 0 Å². The fraction of sp³-hybridized carbons (Fsp3) is 0.348. The molecule has 9 heteroatoms. The second-order valence-corrected chi connectivity index (χ2v) is 7.54. The third-order valence-corrected chi connectivity index (χ3v) is 5.94. The van der Waals surface area contributed by atoms with E-state index in [1.807, 2.05) is 61.8 Å². The van der Waals surface area contributed by atoms with Crippen LogP contribution in [0.4, 0.5) is 11.6 Å². The minimum absolute atomic E-state index is 0.0797. The van der Waals surface area contributed by atoms with Crippen LogP contribution in [0, 0.1) is 0 Å². The van der Waals surface area contributed by atoms with E-state index in [4.69, 9.17) is 22.2 Å². The molecule has 1 aromatic heterocycles. The average Bonchev–Trinajstić information content (AvgIpc) is 3.09. The highest BCUT2D eigenvalue weighted by atomic mass is 32.1. The number of carbonyl (C=O) groups excluding carboxylic acids is 2. The molecular formula is C23H24N6O2S. The molecule has 0 spiro atoms. The van der Waals surface area contributed by atoms with Gasteiger partial charge in [-0.3, -0.25) is 19.4 Å². The summed E-state index contributed by atoms with van der Waals surface area (Å²) in [5.41, 5.74) is 7.47. The summed E-state index contributed by atoms with van der Waals surface area (Å²) < 4.78 is 0. The van der Waals surface area contributed by atoms with Gasteiger partial charge >= 0.3 is 0 Å². The predicted molar refractivity (Wildman–Crippen MR) is 127 cm³/mol. The van der Waals surface area contributed by atoms with E-state index in [9.17, 15) is 9.59 Å². The molecule has 4 rings (SSSR count). The lowest BCUT2D eigenvalue weighted by atomic mass is 10.1. The van der Waals surface area contributed by atoms with Gasteiger partial charge in [-0.1, -0.05) is 12.1 Å². The molecule has 0 aliphatic carbocycles. The Balaban J connectivity index is 1.91. The summed E-state index contributed by atoms with van der Waals surface area (Å²) in [5, 5.41) is 0.224. The molecule has 1 fully saturated rings. The van der Waals surface area contributed by atoms with Crippen molar-refractivity contribution < 1.29 is 9.59 Å². The van der Waals surface area contributed by atoms with Gasteiger partial charge in [-0.25, -0.2) is 9.97 Å². The van der Waals surface area contributed by atoms with Crippen LogP contribution < -0.4 is 9.80 Å². The number of amides is 2. The zero-order chi connectivity index (χ0) is 23.0. The Hall–Kier alpha value is -3.51. The van der Waals surface area contributed by atoms with E-state index in [2.05, 4.69) is 11.5 Å². The highest BCUT2D eigenvalue weighted by molar-refractivity contribution is 7.80. The quantitative estimate of drug-likeness (QED) is 0.308. The van der Waals surface area contributed by atoms with Crippen molar-refractivity contribution in [3.63, 3.8) is 0 Å². The summed E-state index contributed by atoms with van der Waals surface area (Å²) in [4.78, 5) is 42.2. The number of fused-ring (bicyclic) bond motifs is 2. The Labute approximate surface area is 192 Å². The van der Waals surface area contributed by atoms with Crippen molar-refractivity contribution in [2.24, 2.45) is 0 Å². The molecule has 2 aromatic rings. The zero-order valence-corrected chi connectivity index (χ0v) is 19.4.